The van der Waals surface area contributed by atoms with E-state index in [4.69, 9.17) is 0 Å². The Labute approximate surface area is 113 Å². The van der Waals surface area contributed by atoms with Gasteiger partial charge < -0.3 is 5.32 Å². The van der Waals surface area contributed by atoms with E-state index in [0.29, 0.717) is 23.6 Å². The van der Waals surface area contributed by atoms with E-state index in [2.05, 4.69) is 10.3 Å². The first-order chi connectivity index (χ1) is 9.41. The number of hydrogen-bond acceptors (Lipinski definition) is 2. The highest BCUT2D eigenvalue weighted by Gasteiger charge is 2.33. The summed E-state index contributed by atoms with van der Waals surface area (Å²) in [6, 6.07) is 7.84. The van der Waals surface area contributed by atoms with Crippen LogP contribution >= 0.6 is 0 Å². The summed E-state index contributed by atoms with van der Waals surface area (Å²) in [7, 11) is 0. The maximum absolute atomic E-state index is 13.5. The third-order valence-electron chi connectivity index (χ3n) is 2.68. The SMILES string of the molecule is CCNc1cccc(-c2ccc(C(F)(F)F)c(F)c2)n1. The minimum absolute atomic E-state index is 0.301. The van der Waals surface area contributed by atoms with E-state index in [0.717, 1.165) is 12.1 Å². The number of nitrogens with zero attached hydrogens (tertiary/aromatic N) is 1. The number of halogens is 4. The Morgan fingerprint density at radius 3 is 2.50 bits per heavy atom. The molecule has 2 aromatic rings. The predicted octanol–water partition coefficient (Wildman–Crippen LogP) is 4.34. The lowest BCUT2D eigenvalue weighted by molar-refractivity contribution is -0.139. The quantitative estimate of drug-likeness (QED) is 0.848. The van der Waals surface area contributed by atoms with Crippen molar-refractivity contribution in [1.29, 1.82) is 0 Å². The third-order valence-corrected chi connectivity index (χ3v) is 2.68. The Balaban J connectivity index is 2.39. The van der Waals surface area contributed by atoms with Gasteiger partial charge in [0.05, 0.1) is 11.3 Å². The summed E-state index contributed by atoms with van der Waals surface area (Å²) in [6.07, 6.45) is -4.69. The molecule has 0 saturated heterocycles. The fraction of sp³-hybridized carbons (Fsp3) is 0.214. The van der Waals surface area contributed by atoms with E-state index in [1.54, 1.807) is 18.2 Å². The van der Waals surface area contributed by atoms with Crippen molar-refractivity contribution in [3.05, 3.63) is 47.8 Å². The Morgan fingerprint density at radius 2 is 1.90 bits per heavy atom. The number of aromatic nitrogens is 1. The highest BCUT2D eigenvalue weighted by Crippen LogP contribution is 2.33. The molecule has 1 aromatic carbocycles. The predicted molar refractivity (Wildman–Crippen MR) is 68.8 cm³/mol. The molecule has 106 valence electrons. The van der Waals surface area contributed by atoms with Gasteiger partial charge in [0.25, 0.3) is 0 Å². The summed E-state index contributed by atoms with van der Waals surface area (Å²) in [4.78, 5) is 4.21. The van der Waals surface area contributed by atoms with Crippen LogP contribution in [-0.2, 0) is 6.18 Å². The van der Waals surface area contributed by atoms with Crippen LogP contribution in [0.5, 0.6) is 0 Å². The zero-order valence-electron chi connectivity index (χ0n) is 10.6. The van der Waals surface area contributed by atoms with E-state index < -0.39 is 17.6 Å². The van der Waals surface area contributed by atoms with Gasteiger partial charge in [-0.05, 0) is 31.2 Å². The van der Waals surface area contributed by atoms with Crippen molar-refractivity contribution in [2.75, 3.05) is 11.9 Å². The van der Waals surface area contributed by atoms with Crippen LogP contribution in [0.15, 0.2) is 36.4 Å². The van der Waals surface area contributed by atoms with Crippen molar-refractivity contribution in [2.45, 2.75) is 13.1 Å². The molecule has 0 spiro atoms. The second kappa shape index (κ2) is 5.48. The molecule has 1 heterocycles. The van der Waals surface area contributed by atoms with Gasteiger partial charge in [-0.25, -0.2) is 9.37 Å². The Kier molecular flexibility index (Phi) is 3.92. The molecule has 20 heavy (non-hydrogen) atoms. The van der Waals surface area contributed by atoms with E-state index in [-0.39, 0.29) is 0 Å². The summed E-state index contributed by atoms with van der Waals surface area (Å²) in [6.45, 7) is 2.56. The highest BCUT2D eigenvalue weighted by atomic mass is 19.4. The normalized spacial score (nSPS) is 11.4. The molecule has 6 heteroatoms. The minimum atomic E-state index is -4.69. The number of anilines is 1. The number of alkyl halides is 3. The monoisotopic (exact) mass is 284 g/mol. The first-order valence-electron chi connectivity index (χ1n) is 6.00. The Bertz CT molecular complexity index is 608. The van der Waals surface area contributed by atoms with Crippen LogP contribution in [-0.4, -0.2) is 11.5 Å². The van der Waals surface area contributed by atoms with Gasteiger partial charge in [0.2, 0.25) is 0 Å². The first-order valence-corrected chi connectivity index (χ1v) is 6.00. The average molecular weight is 284 g/mol. The molecule has 0 amide bonds. The lowest BCUT2D eigenvalue weighted by Crippen LogP contribution is -2.08. The van der Waals surface area contributed by atoms with Crippen LogP contribution in [0.3, 0.4) is 0 Å². The molecule has 2 nitrogen and oxygen atoms in total. The smallest absolute Gasteiger partial charge is 0.370 e. The molecule has 0 aliphatic heterocycles. The largest absolute Gasteiger partial charge is 0.419 e. The molecule has 0 radical (unpaired) electrons. The average Bonchev–Trinajstić information content (AvgIpc) is 2.38. The fourth-order valence-corrected chi connectivity index (χ4v) is 1.78. The highest BCUT2D eigenvalue weighted by molar-refractivity contribution is 5.62. The van der Waals surface area contributed by atoms with E-state index >= 15 is 0 Å². The minimum Gasteiger partial charge on any atom is -0.370 e. The van der Waals surface area contributed by atoms with Gasteiger partial charge in [-0.3, -0.25) is 0 Å². The summed E-state index contributed by atoms with van der Waals surface area (Å²) in [5.74, 6) is -0.712. The summed E-state index contributed by atoms with van der Waals surface area (Å²) in [5, 5.41) is 2.98. The fourth-order valence-electron chi connectivity index (χ4n) is 1.78. The van der Waals surface area contributed by atoms with Crippen LogP contribution in [0, 0.1) is 5.82 Å². The topological polar surface area (TPSA) is 24.9 Å². The summed E-state index contributed by atoms with van der Waals surface area (Å²) >= 11 is 0. The van der Waals surface area contributed by atoms with Crippen LogP contribution < -0.4 is 5.32 Å². The molecule has 0 unspecified atom stereocenters. The first kappa shape index (κ1) is 14.3. The standard InChI is InChI=1S/C14H12F4N2/c1-2-19-13-5-3-4-12(20-13)9-6-7-10(11(15)8-9)14(16,17)18/h3-8H,2H2,1H3,(H,19,20). The van der Waals surface area contributed by atoms with Crippen molar-refractivity contribution in [3.63, 3.8) is 0 Å². The van der Waals surface area contributed by atoms with E-state index in [1.807, 2.05) is 6.92 Å². The number of hydrogen-bond donors (Lipinski definition) is 1. The summed E-state index contributed by atoms with van der Waals surface area (Å²) in [5.41, 5.74) is -0.560. The Hall–Kier alpha value is -2.11. The van der Waals surface area contributed by atoms with Crippen molar-refractivity contribution in [2.24, 2.45) is 0 Å². The lowest BCUT2D eigenvalue weighted by Gasteiger charge is -2.10. The maximum Gasteiger partial charge on any atom is 0.419 e. The molecule has 1 aromatic heterocycles. The molecule has 0 saturated carbocycles. The molecule has 0 bridgehead atoms. The van der Waals surface area contributed by atoms with Crippen LogP contribution in [0.2, 0.25) is 0 Å². The van der Waals surface area contributed by atoms with Gasteiger partial charge in [0, 0.05) is 12.1 Å². The van der Waals surface area contributed by atoms with Crippen LogP contribution in [0.4, 0.5) is 23.4 Å². The number of nitrogens with one attached hydrogen (secondary N) is 1. The zero-order chi connectivity index (χ0) is 14.8. The van der Waals surface area contributed by atoms with Crippen LogP contribution in [0.25, 0.3) is 11.3 Å². The zero-order valence-corrected chi connectivity index (χ0v) is 10.6. The van der Waals surface area contributed by atoms with Gasteiger partial charge >= 0.3 is 6.18 Å². The molecular formula is C14H12F4N2. The van der Waals surface area contributed by atoms with Crippen molar-refractivity contribution in [3.8, 4) is 11.3 Å². The second-order valence-electron chi connectivity index (χ2n) is 4.13. The van der Waals surface area contributed by atoms with Gasteiger partial charge in [-0.2, -0.15) is 13.2 Å². The van der Waals surface area contributed by atoms with Crippen LogP contribution in [0.1, 0.15) is 12.5 Å². The molecule has 2 rings (SSSR count). The van der Waals surface area contributed by atoms with E-state index in [1.165, 1.54) is 6.07 Å². The maximum atomic E-state index is 13.5. The molecule has 0 aliphatic carbocycles. The second-order valence-corrected chi connectivity index (χ2v) is 4.13. The molecule has 0 aliphatic rings. The van der Waals surface area contributed by atoms with Gasteiger partial charge in [-0.1, -0.05) is 12.1 Å². The van der Waals surface area contributed by atoms with Gasteiger partial charge in [-0.15, -0.1) is 0 Å². The molecule has 1 N–H and O–H groups in total. The number of pyridine rings is 1. The summed E-state index contributed by atoms with van der Waals surface area (Å²) < 4.78 is 51.0. The van der Waals surface area contributed by atoms with Crippen molar-refractivity contribution in [1.82, 2.24) is 4.98 Å². The lowest BCUT2D eigenvalue weighted by atomic mass is 10.1. The van der Waals surface area contributed by atoms with Gasteiger partial charge in [0.1, 0.15) is 11.6 Å². The van der Waals surface area contributed by atoms with Crippen molar-refractivity contribution < 1.29 is 17.6 Å². The number of rotatable bonds is 3. The molecule has 0 fully saturated rings. The van der Waals surface area contributed by atoms with Crippen molar-refractivity contribution >= 4 is 5.82 Å². The third kappa shape index (κ3) is 3.07. The van der Waals surface area contributed by atoms with Gasteiger partial charge in [0.15, 0.2) is 0 Å². The van der Waals surface area contributed by atoms with E-state index in [9.17, 15) is 17.6 Å². The molecule has 0 atom stereocenters. The molecular weight excluding hydrogens is 272 g/mol. The number of benzene rings is 1. The Morgan fingerprint density at radius 1 is 1.15 bits per heavy atom.